The Labute approximate surface area is 164 Å². The van der Waals surface area contributed by atoms with Crippen molar-refractivity contribution in [2.75, 3.05) is 12.4 Å². The van der Waals surface area contributed by atoms with Gasteiger partial charge in [0.2, 0.25) is 0 Å². The summed E-state index contributed by atoms with van der Waals surface area (Å²) in [4.78, 5) is 6.55. The van der Waals surface area contributed by atoms with Gasteiger partial charge in [-0.25, -0.2) is 4.98 Å². The number of hydrogen-bond acceptors (Lipinski definition) is 5. The molecule has 0 aliphatic carbocycles. The Balaban J connectivity index is 1.45. The minimum absolute atomic E-state index is 0.157. The highest BCUT2D eigenvalue weighted by molar-refractivity contribution is 7.99. The quantitative estimate of drug-likeness (QED) is 0.671. The highest BCUT2D eigenvalue weighted by Crippen LogP contribution is 2.30. The van der Waals surface area contributed by atoms with Gasteiger partial charge in [0.05, 0.1) is 18.9 Å². The van der Waals surface area contributed by atoms with Crippen LogP contribution in [-0.2, 0) is 18.6 Å². The minimum Gasteiger partial charge on any atom is -0.337 e. The summed E-state index contributed by atoms with van der Waals surface area (Å²) in [5, 5.41) is 9.87. The maximum atomic E-state index is 4.47. The molecule has 0 amide bonds. The molecule has 3 aromatic rings. The first kappa shape index (κ1) is 18.3. The molecule has 0 fully saturated rings. The standard InChI is InChI=1S/C20H26N6S/c1-20(2,3)17-7-5-16(6-8-17)18-22-23-19-26(18)14-25(15-27-19)11-4-10-24-12-9-21-13-24/h5-9,12-13H,4,10-11,14-15H2,1-3H3. The Morgan fingerprint density at radius 3 is 2.59 bits per heavy atom. The van der Waals surface area contributed by atoms with E-state index in [1.807, 2.05) is 18.7 Å². The fourth-order valence-electron chi connectivity index (χ4n) is 3.28. The zero-order valence-corrected chi connectivity index (χ0v) is 17.0. The number of nitrogens with zero attached hydrogens (tertiary/aromatic N) is 6. The predicted molar refractivity (Wildman–Crippen MR) is 108 cm³/mol. The van der Waals surface area contributed by atoms with Crippen molar-refractivity contribution in [1.29, 1.82) is 0 Å². The van der Waals surface area contributed by atoms with E-state index in [1.54, 1.807) is 11.8 Å². The summed E-state index contributed by atoms with van der Waals surface area (Å²) >= 11 is 1.76. The molecule has 0 bridgehead atoms. The van der Waals surface area contributed by atoms with E-state index in [0.717, 1.165) is 48.6 Å². The summed E-state index contributed by atoms with van der Waals surface area (Å²) in [6, 6.07) is 8.74. The van der Waals surface area contributed by atoms with Gasteiger partial charge < -0.3 is 4.57 Å². The lowest BCUT2D eigenvalue weighted by Crippen LogP contribution is -2.32. The molecule has 3 heterocycles. The third-order valence-electron chi connectivity index (χ3n) is 4.89. The van der Waals surface area contributed by atoms with Crippen LogP contribution in [0.5, 0.6) is 0 Å². The molecule has 7 heteroatoms. The van der Waals surface area contributed by atoms with E-state index in [-0.39, 0.29) is 5.41 Å². The van der Waals surface area contributed by atoms with Crippen LogP contribution < -0.4 is 0 Å². The van der Waals surface area contributed by atoms with Crippen LogP contribution in [0.3, 0.4) is 0 Å². The summed E-state index contributed by atoms with van der Waals surface area (Å²) in [5.41, 5.74) is 2.62. The molecule has 0 atom stereocenters. The van der Waals surface area contributed by atoms with Crippen molar-refractivity contribution in [1.82, 2.24) is 29.2 Å². The van der Waals surface area contributed by atoms with Crippen molar-refractivity contribution in [3.8, 4) is 11.4 Å². The highest BCUT2D eigenvalue weighted by atomic mass is 32.2. The lowest BCUT2D eigenvalue weighted by Gasteiger charge is -2.27. The Hall–Kier alpha value is -2.12. The van der Waals surface area contributed by atoms with Crippen LogP contribution in [0.25, 0.3) is 11.4 Å². The van der Waals surface area contributed by atoms with Crippen LogP contribution in [0.1, 0.15) is 32.8 Å². The maximum Gasteiger partial charge on any atom is 0.193 e. The summed E-state index contributed by atoms with van der Waals surface area (Å²) in [5.74, 6) is 1.92. The second-order valence-corrected chi connectivity index (χ2v) is 8.94. The first-order valence-electron chi connectivity index (χ1n) is 9.36. The van der Waals surface area contributed by atoms with Crippen LogP contribution in [0, 0.1) is 0 Å². The second kappa shape index (κ2) is 7.48. The molecule has 2 aromatic heterocycles. The zero-order chi connectivity index (χ0) is 18.9. The minimum atomic E-state index is 0.157. The van der Waals surface area contributed by atoms with Gasteiger partial charge in [0.1, 0.15) is 0 Å². The Bertz CT molecular complexity index is 876. The molecule has 0 radical (unpaired) electrons. The average Bonchev–Trinajstić information content (AvgIpc) is 3.30. The number of hydrogen-bond donors (Lipinski definition) is 0. The lowest BCUT2D eigenvalue weighted by atomic mass is 9.87. The fraction of sp³-hybridized carbons (Fsp3) is 0.450. The van der Waals surface area contributed by atoms with E-state index in [9.17, 15) is 0 Å². The molecule has 142 valence electrons. The van der Waals surface area contributed by atoms with Gasteiger partial charge >= 0.3 is 0 Å². The molecule has 0 spiro atoms. The monoisotopic (exact) mass is 382 g/mol. The van der Waals surface area contributed by atoms with Crippen LogP contribution in [0.15, 0.2) is 48.1 Å². The second-order valence-electron chi connectivity index (χ2n) is 8.02. The molecule has 1 aliphatic rings. The first-order valence-corrected chi connectivity index (χ1v) is 10.3. The zero-order valence-electron chi connectivity index (χ0n) is 16.2. The first-order chi connectivity index (χ1) is 13.0. The molecule has 6 nitrogen and oxygen atoms in total. The molecule has 1 aromatic carbocycles. The van der Waals surface area contributed by atoms with E-state index < -0.39 is 0 Å². The van der Waals surface area contributed by atoms with E-state index >= 15 is 0 Å². The molecule has 0 unspecified atom stereocenters. The lowest BCUT2D eigenvalue weighted by molar-refractivity contribution is 0.233. The molecule has 0 saturated heterocycles. The van der Waals surface area contributed by atoms with Crippen LogP contribution in [0.4, 0.5) is 0 Å². The fourth-order valence-corrected chi connectivity index (χ4v) is 4.18. The number of benzene rings is 1. The van der Waals surface area contributed by atoms with Crippen molar-refractivity contribution < 1.29 is 0 Å². The smallest absolute Gasteiger partial charge is 0.193 e. The van der Waals surface area contributed by atoms with Crippen molar-refractivity contribution in [2.45, 2.75) is 51.0 Å². The molecule has 1 aliphatic heterocycles. The Kier molecular flexibility index (Phi) is 5.06. The maximum absolute atomic E-state index is 4.47. The summed E-state index contributed by atoms with van der Waals surface area (Å²) in [6.45, 7) is 9.59. The molecular formula is C20H26N6S. The number of imidazole rings is 1. The topological polar surface area (TPSA) is 51.8 Å². The number of aromatic nitrogens is 5. The number of thioether (sulfide) groups is 1. The van der Waals surface area contributed by atoms with Gasteiger partial charge in [-0.1, -0.05) is 56.8 Å². The number of rotatable bonds is 5. The normalized spacial score (nSPS) is 15.1. The van der Waals surface area contributed by atoms with Gasteiger partial charge in [-0.3, -0.25) is 9.47 Å². The van der Waals surface area contributed by atoms with Gasteiger partial charge in [0, 0.05) is 31.0 Å². The molecule has 4 rings (SSSR count). The third kappa shape index (κ3) is 4.09. The molecular weight excluding hydrogens is 356 g/mol. The number of aryl methyl sites for hydroxylation is 1. The molecule has 27 heavy (non-hydrogen) atoms. The van der Waals surface area contributed by atoms with Gasteiger partial charge in [-0.15, -0.1) is 10.2 Å². The third-order valence-corrected chi connectivity index (χ3v) is 5.95. The number of fused-ring (bicyclic) bond motifs is 1. The van der Waals surface area contributed by atoms with Gasteiger partial charge in [-0.2, -0.15) is 0 Å². The average molecular weight is 383 g/mol. The SMILES string of the molecule is CC(C)(C)c1ccc(-c2nnc3n2CN(CCCn2ccnc2)CS3)cc1. The summed E-state index contributed by atoms with van der Waals surface area (Å²) in [6.07, 6.45) is 6.83. The van der Waals surface area contributed by atoms with E-state index in [2.05, 4.69) is 74.3 Å². The van der Waals surface area contributed by atoms with Crippen molar-refractivity contribution in [3.63, 3.8) is 0 Å². The van der Waals surface area contributed by atoms with Crippen LogP contribution >= 0.6 is 11.8 Å². The van der Waals surface area contributed by atoms with E-state index in [4.69, 9.17) is 0 Å². The van der Waals surface area contributed by atoms with Crippen molar-refractivity contribution in [3.05, 3.63) is 48.5 Å². The van der Waals surface area contributed by atoms with Crippen molar-refractivity contribution in [2.24, 2.45) is 0 Å². The van der Waals surface area contributed by atoms with Crippen LogP contribution in [-0.4, -0.2) is 41.6 Å². The largest absolute Gasteiger partial charge is 0.337 e. The van der Waals surface area contributed by atoms with Gasteiger partial charge in [0.15, 0.2) is 11.0 Å². The Morgan fingerprint density at radius 2 is 1.89 bits per heavy atom. The van der Waals surface area contributed by atoms with E-state index in [1.165, 1.54) is 5.56 Å². The molecule has 0 N–H and O–H groups in total. The Morgan fingerprint density at radius 1 is 1.07 bits per heavy atom. The van der Waals surface area contributed by atoms with Gasteiger partial charge in [-0.05, 0) is 17.4 Å². The molecule has 0 saturated carbocycles. The highest BCUT2D eigenvalue weighted by Gasteiger charge is 2.22. The predicted octanol–water partition coefficient (Wildman–Crippen LogP) is 3.85. The summed E-state index contributed by atoms with van der Waals surface area (Å²) < 4.78 is 4.36. The van der Waals surface area contributed by atoms with E-state index in [0.29, 0.717) is 0 Å². The van der Waals surface area contributed by atoms with Crippen molar-refractivity contribution >= 4 is 11.8 Å². The van der Waals surface area contributed by atoms with Crippen LogP contribution in [0.2, 0.25) is 0 Å². The van der Waals surface area contributed by atoms with Gasteiger partial charge in [0.25, 0.3) is 0 Å². The summed E-state index contributed by atoms with van der Waals surface area (Å²) in [7, 11) is 0.